The van der Waals surface area contributed by atoms with Gasteiger partial charge in [-0.15, -0.1) is 0 Å². The normalized spacial score (nSPS) is 23.4. The van der Waals surface area contributed by atoms with Gasteiger partial charge in [-0.2, -0.15) is 5.26 Å². The SMILES string of the molecule is CCCNC(=O)C1COCCN1C(C)C#N. The summed E-state index contributed by atoms with van der Waals surface area (Å²) in [7, 11) is 0. The smallest absolute Gasteiger partial charge is 0.239 e. The highest BCUT2D eigenvalue weighted by atomic mass is 16.5. The first-order valence-electron chi connectivity index (χ1n) is 5.71. The van der Waals surface area contributed by atoms with Crippen molar-refractivity contribution < 1.29 is 9.53 Å². The Hall–Kier alpha value is -1.12. The summed E-state index contributed by atoms with van der Waals surface area (Å²) in [6.07, 6.45) is 0.910. The van der Waals surface area contributed by atoms with Gasteiger partial charge < -0.3 is 10.1 Å². The molecule has 2 atom stereocenters. The second kappa shape index (κ2) is 6.46. The number of rotatable bonds is 4. The van der Waals surface area contributed by atoms with E-state index in [1.807, 2.05) is 18.7 Å². The van der Waals surface area contributed by atoms with Gasteiger partial charge in [-0.3, -0.25) is 9.69 Å². The number of carbonyl (C=O) groups is 1. The predicted molar refractivity (Wildman–Crippen MR) is 59.7 cm³/mol. The van der Waals surface area contributed by atoms with Crippen LogP contribution in [0, 0.1) is 11.3 Å². The molecule has 1 saturated heterocycles. The summed E-state index contributed by atoms with van der Waals surface area (Å²) in [6, 6.07) is 1.59. The van der Waals surface area contributed by atoms with Gasteiger partial charge in [0.2, 0.25) is 5.91 Å². The largest absolute Gasteiger partial charge is 0.378 e. The molecular weight excluding hydrogens is 206 g/mol. The molecule has 5 nitrogen and oxygen atoms in total. The molecule has 0 aromatic carbocycles. The maximum Gasteiger partial charge on any atom is 0.239 e. The Labute approximate surface area is 96.4 Å². The lowest BCUT2D eigenvalue weighted by Crippen LogP contribution is -2.56. The fourth-order valence-corrected chi connectivity index (χ4v) is 1.75. The lowest BCUT2D eigenvalue weighted by Gasteiger charge is -2.35. The maximum atomic E-state index is 11.8. The van der Waals surface area contributed by atoms with Gasteiger partial charge >= 0.3 is 0 Å². The van der Waals surface area contributed by atoms with Crippen molar-refractivity contribution in [2.75, 3.05) is 26.3 Å². The van der Waals surface area contributed by atoms with E-state index in [9.17, 15) is 4.79 Å². The topological polar surface area (TPSA) is 65.4 Å². The number of carbonyl (C=O) groups excluding carboxylic acids is 1. The van der Waals surface area contributed by atoms with Crippen LogP contribution in [-0.2, 0) is 9.53 Å². The highest BCUT2D eigenvalue weighted by Crippen LogP contribution is 2.11. The third-order valence-corrected chi connectivity index (χ3v) is 2.71. The van der Waals surface area contributed by atoms with Crippen LogP contribution in [0.4, 0.5) is 0 Å². The zero-order valence-electron chi connectivity index (χ0n) is 9.90. The van der Waals surface area contributed by atoms with Gasteiger partial charge in [0.05, 0.1) is 25.3 Å². The molecule has 1 rings (SSSR count). The molecule has 0 bridgehead atoms. The number of morpholine rings is 1. The average molecular weight is 225 g/mol. The number of amides is 1. The number of nitrogens with one attached hydrogen (secondary N) is 1. The Morgan fingerprint density at radius 2 is 2.50 bits per heavy atom. The van der Waals surface area contributed by atoms with E-state index in [2.05, 4.69) is 11.4 Å². The van der Waals surface area contributed by atoms with E-state index < -0.39 is 0 Å². The maximum absolute atomic E-state index is 11.8. The highest BCUT2D eigenvalue weighted by Gasteiger charge is 2.32. The summed E-state index contributed by atoms with van der Waals surface area (Å²) < 4.78 is 5.30. The second-order valence-electron chi connectivity index (χ2n) is 3.92. The molecule has 0 aromatic rings. The standard InChI is InChI=1S/C11H19N3O2/c1-3-4-13-11(15)10-8-16-6-5-14(10)9(2)7-12/h9-10H,3-6,8H2,1-2H3,(H,13,15). The summed E-state index contributed by atoms with van der Waals surface area (Å²) in [6.45, 7) is 6.09. The quantitative estimate of drug-likeness (QED) is 0.738. The van der Waals surface area contributed by atoms with Crippen molar-refractivity contribution >= 4 is 5.91 Å². The number of hydrogen-bond acceptors (Lipinski definition) is 4. The lowest BCUT2D eigenvalue weighted by atomic mass is 10.1. The van der Waals surface area contributed by atoms with Gasteiger partial charge in [0.25, 0.3) is 0 Å². The van der Waals surface area contributed by atoms with E-state index in [-0.39, 0.29) is 18.0 Å². The number of hydrogen-bond donors (Lipinski definition) is 1. The first kappa shape index (κ1) is 12.9. The molecule has 2 unspecified atom stereocenters. The second-order valence-corrected chi connectivity index (χ2v) is 3.92. The van der Waals surface area contributed by atoms with E-state index in [0.29, 0.717) is 26.3 Å². The molecule has 0 aromatic heterocycles. The summed E-state index contributed by atoms with van der Waals surface area (Å²) in [5, 5.41) is 11.7. The zero-order valence-corrected chi connectivity index (χ0v) is 9.90. The third kappa shape index (κ3) is 3.19. The Balaban J connectivity index is 2.59. The Morgan fingerprint density at radius 1 is 1.75 bits per heavy atom. The Bertz CT molecular complexity index is 275. The van der Waals surface area contributed by atoms with E-state index in [0.717, 1.165) is 6.42 Å². The molecule has 0 spiro atoms. The number of nitrogens with zero attached hydrogens (tertiary/aromatic N) is 2. The zero-order chi connectivity index (χ0) is 12.0. The van der Waals surface area contributed by atoms with Crippen molar-refractivity contribution in [3.05, 3.63) is 0 Å². The summed E-state index contributed by atoms with van der Waals surface area (Å²) in [5.74, 6) is -0.0383. The van der Waals surface area contributed by atoms with Crippen LogP contribution in [0.15, 0.2) is 0 Å². The van der Waals surface area contributed by atoms with Crippen LogP contribution in [0.5, 0.6) is 0 Å². The monoisotopic (exact) mass is 225 g/mol. The molecule has 1 aliphatic rings. The van der Waals surface area contributed by atoms with Crippen molar-refractivity contribution in [1.82, 2.24) is 10.2 Å². The minimum absolute atomic E-state index is 0.0383. The molecule has 0 radical (unpaired) electrons. The van der Waals surface area contributed by atoms with Crippen molar-refractivity contribution in [2.45, 2.75) is 32.4 Å². The van der Waals surface area contributed by atoms with Crippen LogP contribution >= 0.6 is 0 Å². The fraction of sp³-hybridized carbons (Fsp3) is 0.818. The fourth-order valence-electron chi connectivity index (χ4n) is 1.75. The molecule has 1 fully saturated rings. The van der Waals surface area contributed by atoms with E-state index in [1.54, 1.807) is 0 Å². The van der Waals surface area contributed by atoms with Gasteiger partial charge in [-0.05, 0) is 13.3 Å². The van der Waals surface area contributed by atoms with Crippen molar-refractivity contribution in [2.24, 2.45) is 0 Å². The first-order valence-corrected chi connectivity index (χ1v) is 5.71. The van der Waals surface area contributed by atoms with E-state index in [1.165, 1.54) is 0 Å². The molecule has 90 valence electrons. The Morgan fingerprint density at radius 3 is 3.12 bits per heavy atom. The summed E-state index contributed by atoms with van der Waals surface area (Å²) in [4.78, 5) is 13.7. The van der Waals surface area contributed by atoms with Gasteiger partial charge in [-0.1, -0.05) is 6.92 Å². The minimum atomic E-state index is -0.324. The van der Waals surface area contributed by atoms with Crippen LogP contribution in [0.25, 0.3) is 0 Å². The molecule has 0 saturated carbocycles. The molecular formula is C11H19N3O2. The molecule has 0 aliphatic carbocycles. The van der Waals surface area contributed by atoms with Crippen LogP contribution in [-0.4, -0.2) is 49.2 Å². The summed E-state index contributed by atoms with van der Waals surface area (Å²) in [5.41, 5.74) is 0. The molecule has 1 amide bonds. The van der Waals surface area contributed by atoms with Crippen LogP contribution in [0.2, 0.25) is 0 Å². The van der Waals surface area contributed by atoms with Crippen molar-refractivity contribution in [3.8, 4) is 6.07 Å². The van der Waals surface area contributed by atoms with Crippen molar-refractivity contribution in [3.63, 3.8) is 0 Å². The van der Waals surface area contributed by atoms with Gasteiger partial charge in [-0.25, -0.2) is 0 Å². The first-order chi connectivity index (χ1) is 7.70. The molecule has 1 aliphatic heterocycles. The van der Waals surface area contributed by atoms with E-state index >= 15 is 0 Å². The van der Waals surface area contributed by atoms with Crippen LogP contribution in [0.3, 0.4) is 0 Å². The highest BCUT2D eigenvalue weighted by molar-refractivity contribution is 5.82. The Kier molecular flexibility index (Phi) is 5.23. The molecule has 1 N–H and O–H groups in total. The molecule has 5 heteroatoms. The molecule has 16 heavy (non-hydrogen) atoms. The number of nitriles is 1. The number of ether oxygens (including phenoxy) is 1. The average Bonchev–Trinajstić information content (AvgIpc) is 2.35. The summed E-state index contributed by atoms with van der Waals surface area (Å²) >= 11 is 0. The van der Waals surface area contributed by atoms with E-state index in [4.69, 9.17) is 10.00 Å². The van der Waals surface area contributed by atoms with Crippen LogP contribution < -0.4 is 5.32 Å². The van der Waals surface area contributed by atoms with Gasteiger partial charge in [0.1, 0.15) is 6.04 Å². The van der Waals surface area contributed by atoms with Gasteiger partial charge in [0.15, 0.2) is 0 Å². The van der Waals surface area contributed by atoms with Gasteiger partial charge in [0, 0.05) is 13.1 Å². The third-order valence-electron chi connectivity index (χ3n) is 2.71. The van der Waals surface area contributed by atoms with Crippen LogP contribution in [0.1, 0.15) is 20.3 Å². The lowest BCUT2D eigenvalue weighted by molar-refractivity contribution is -0.133. The minimum Gasteiger partial charge on any atom is -0.378 e. The van der Waals surface area contributed by atoms with Crippen molar-refractivity contribution in [1.29, 1.82) is 5.26 Å². The molecule has 1 heterocycles. The predicted octanol–water partition coefficient (Wildman–Crippen LogP) is 0.125.